The average Bonchev–Trinajstić information content (AvgIpc) is 2.85. The van der Waals surface area contributed by atoms with Crippen LogP contribution in [0.2, 0.25) is 0 Å². The zero-order valence-corrected chi connectivity index (χ0v) is 20.5. The van der Waals surface area contributed by atoms with E-state index in [2.05, 4.69) is 20.7 Å². The number of carbonyl (C=O) groups is 6. The number of pyridine rings is 1. The molecule has 14 nitrogen and oxygen atoms in total. The molecule has 4 N–H and O–H groups in total. The Morgan fingerprint density at radius 2 is 1.86 bits per heavy atom. The molecular weight excluding hydrogens is 492 g/mol. The molecule has 0 spiro atoms. The van der Waals surface area contributed by atoms with Gasteiger partial charge in [-0.05, 0) is 31.9 Å². The van der Waals surface area contributed by atoms with E-state index in [4.69, 9.17) is 9.84 Å². The van der Waals surface area contributed by atoms with Crippen molar-refractivity contribution in [3.8, 4) is 0 Å². The lowest BCUT2D eigenvalue weighted by Crippen LogP contribution is -2.44. The Morgan fingerprint density at radius 3 is 2.51 bits per heavy atom. The van der Waals surface area contributed by atoms with Gasteiger partial charge in [0.25, 0.3) is 5.56 Å². The van der Waals surface area contributed by atoms with E-state index < -0.39 is 60.2 Å². The maximum absolute atomic E-state index is 12.9. The predicted molar refractivity (Wildman–Crippen MR) is 128 cm³/mol. The number of nitrogens with zero attached hydrogens (tertiary/aromatic N) is 1. The fourth-order valence-electron chi connectivity index (χ4n) is 2.82. The van der Waals surface area contributed by atoms with Crippen molar-refractivity contribution >= 4 is 41.3 Å². The number of carboxylic acid groups (broad SMARTS) is 1. The Hall–Kier alpha value is -4.49. The highest BCUT2D eigenvalue weighted by molar-refractivity contribution is 5.97. The molecule has 0 bridgehead atoms. The molecule has 0 aliphatic carbocycles. The molecule has 0 fully saturated rings. The first-order valence-corrected chi connectivity index (χ1v) is 11.3. The lowest BCUT2D eigenvalue weighted by atomic mass is 10.1. The number of hydrogen-bond acceptors (Lipinski definition) is 9. The number of hydrogen-bond donors (Lipinski definition) is 4. The standard InChI is InChI=1S/C23H30N4O10/c1-3-37-20(32)9-5-4-7-15(25-17(28)10-11-19(30)31)22(34)26-16-8-6-12-27(23(16)35)14-18(29)24-13-21(33)36-2/h5-6,8-9,12,15H,3-4,7,10-11,13-14H2,1-2H3,(H,24,29)(H,25,28)(H,26,34)(H,30,31)/b9-5+/t15-/m0/s1. The van der Waals surface area contributed by atoms with Gasteiger partial charge in [0.15, 0.2) is 0 Å². The van der Waals surface area contributed by atoms with Gasteiger partial charge in [-0.15, -0.1) is 0 Å². The van der Waals surface area contributed by atoms with Crippen LogP contribution in [0, 0.1) is 0 Å². The lowest BCUT2D eigenvalue weighted by Gasteiger charge is -2.18. The third-order valence-corrected chi connectivity index (χ3v) is 4.63. The first-order valence-electron chi connectivity index (χ1n) is 11.3. The van der Waals surface area contributed by atoms with Crippen LogP contribution in [-0.4, -0.2) is 71.6 Å². The number of carbonyl (C=O) groups excluding carboxylic acids is 5. The molecule has 14 heteroatoms. The molecule has 0 aliphatic heterocycles. The van der Waals surface area contributed by atoms with Gasteiger partial charge in [-0.1, -0.05) is 6.08 Å². The molecule has 1 atom stereocenters. The summed E-state index contributed by atoms with van der Waals surface area (Å²) in [6.07, 6.45) is 3.32. The summed E-state index contributed by atoms with van der Waals surface area (Å²) in [5, 5.41) is 15.9. The minimum absolute atomic E-state index is 0.0253. The summed E-state index contributed by atoms with van der Waals surface area (Å²) < 4.78 is 10.2. The number of anilines is 1. The number of nitrogens with one attached hydrogen (secondary N) is 3. The minimum atomic E-state index is -1.19. The fourth-order valence-corrected chi connectivity index (χ4v) is 2.82. The van der Waals surface area contributed by atoms with Crippen LogP contribution in [0.25, 0.3) is 0 Å². The van der Waals surface area contributed by atoms with Gasteiger partial charge in [-0.2, -0.15) is 0 Å². The molecule has 3 amide bonds. The van der Waals surface area contributed by atoms with Gasteiger partial charge >= 0.3 is 17.9 Å². The molecular formula is C23H30N4O10. The maximum Gasteiger partial charge on any atom is 0.330 e. The van der Waals surface area contributed by atoms with Crippen LogP contribution in [0.15, 0.2) is 35.3 Å². The van der Waals surface area contributed by atoms with Crippen LogP contribution in [0.1, 0.15) is 32.6 Å². The zero-order chi connectivity index (χ0) is 27.8. The van der Waals surface area contributed by atoms with Crippen molar-refractivity contribution in [2.75, 3.05) is 25.6 Å². The van der Waals surface area contributed by atoms with E-state index in [9.17, 15) is 33.6 Å². The highest BCUT2D eigenvalue weighted by atomic mass is 16.5. The van der Waals surface area contributed by atoms with E-state index in [-0.39, 0.29) is 38.1 Å². The Bertz CT molecular complexity index is 1080. The van der Waals surface area contributed by atoms with Crippen LogP contribution in [0.4, 0.5) is 5.69 Å². The van der Waals surface area contributed by atoms with Crippen LogP contribution in [0.3, 0.4) is 0 Å². The number of ether oxygens (including phenoxy) is 2. The lowest BCUT2D eigenvalue weighted by molar-refractivity contribution is -0.141. The quantitative estimate of drug-likeness (QED) is 0.169. The smallest absolute Gasteiger partial charge is 0.330 e. The molecule has 0 saturated heterocycles. The SMILES string of the molecule is CCOC(=O)/C=C/CC[C@H](NC(=O)CCC(=O)O)C(=O)Nc1cccn(CC(=O)NCC(=O)OC)c1=O. The van der Waals surface area contributed by atoms with Gasteiger partial charge in [-0.3, -0.25) is 28.8 Å². The van der Waals surface area contributed by atoms with Crippen molar-refractivity contribution in [2.24, 2.45) is 0 Å². The van der Waals surface area contributed by atoms with Crippen molar-refractivity contribution in [3.05, 3.63) is 40.8 Å². The summed E-state index contributed by atoms with van der Waals surface area (Å²) in [4.78, 5) is 83.0. The summed E-state index contributed by atoms with van der Waals surface area (Å²) in [7, 11) is 1.16. The molecule has 1 heterocycles. The van der Waals surface area contributed by atoms with E-state index in [1.165, 1.54) is 30.5 Å². The molecule has 0 radical (unpaired) electrons. The van der Waals surface area contributed by atoms with Gasteiger partial charge in [0.2, 0.25) is 17.7 Å². The van der Waals surface area contributed by atoms with Gasteiger partial charge in [0.05, 0.1) is 20.1 Å². The van der Waals surface area contributed by atoms with Gasteiger partial charge < -0.3 is 35.1 Å². The number of allylic oxidation sites excluding steroid dienone is 1. The second kappa shape index (κ2) is 16.2. The van der Waals surface area contributed by atoms with E-state index >= 15 is 0 Å². The van der Waals surface area contributed by atoms with Crippen LogP contribution in [0.5, 0.6) is 0 Å². The third kappa shape index (κ3) is 12.2. The second-order valence-corrected chi connectivity index (χ2v) is 7.44. The molecule has 0 saturated carbocycles. The van der Waals surface area contributed by atoms with E-state index in [1.54, 1.807) is 6.92 Å². The van der Waals surface area contributed by atoms with Crippen molar-refractivity contribution in [1.29, 1.82) is 0 Å². The Balaban J connectivity index is 2.93. The molecule has 202 valence electrons. The number of rotatable bonds is 15. The fraction of sp³-hybridized carbons (Fsp3) is 0.435. The number of methoxy groups -OCH3 is 1. The van der Waals surface area contributed by atoms with Crippen molar-refractivity contribution < 1.29 is 43.3 Å². The van der Waals surface area contributed by atoms with Gasteiger partial charge in [-0.25, -0.2) is 4.79 Å². The van der Waals surface area contributed by atoms with Crippen molar-refractivity contribution in [3.63, 3.8) is 0 Å². The number of amides is 3. The molecule has 0 aliphatic rings. The number of carboxylic acids is 1. The second-order valence-electron chi connectivity index (χ2n) is 7.44. The van der Waals surface area contributed by atoms with Crippen molar-refractivity contribution in [2.45, 2.75) is 45.2 Å². The largest absolute Gasteiger partial charge is 0.481 e. The summed E-state index contributed by atoms with van der Waals surface area (Å²) in [6, 6.07) is 1.55. The Morgan fingerprint density at radius 1 is 1.14 bits per heavy atom. The number of aromatic nitrogens is 1. The van der Waals surface area contributed by atoms with E-state index in [1.807, 2.05) is 0 Å². The minimum Gasteiger partial charge on any atom is -0.481 e. The number of esters is 2. The topological polar surface area (TPSA) is 199 Å². The highest BCUT2D eigenvalue weighted by Gasteiger charge is 2.22. The molecule has 0 aromatic carbocycles. The summed E-state index contributed by atoms with van der Waals surface area (Å²) >= 11 is 0. The molecule has 0 unspecified atom stereocenters. The highest BCUT2D eigenvalue weighted by Crippen LogP contribution is 2.06. The van der Waals surface area contributed by atoms with E-state index in [0.717, 1.165) is 11.7 Å². The summed E-state index contributed by atoms with van der Waals surface area (Å²) in [5.74, 6) is -4.53. The average molecular weight is 523 g/mol. The van der Waals surface area contributed by atoms with Crippen LogP contribution >= 0.6 is 0 Å². The van der Waals surface area contributed by atoms with Gasteiger partial charge in [0.1, 0.15) is 24.8 Å². The maximum atomic E-state index is 12.9. The first kappa shape index (κ1) is 30.5. The van der Waals surface area contributed by atoms with Crippen LogP contribution in [-0.2, 0) is 44.8 Å². The summed E-state index contributed by atoms with van der Waals surface area (Å²) in [5.41, 5.74) is -0.901. The summed E-state index contributed by atoms with van der Waals surface area (Å²) in [6.45, 7) is 1.02. The van der Waals surface area contributed by atoms with E-state index in [0.29, 0.717) is 0 Å². The Labute approximate surface area is 212 Å². The molecule has 1 aromatic rings. The Kier molecular flexibility index (Phi) is 13.4. The molecule has 1 rings (SSSR count). The monoisotopic (exact) mass is 522 g/mol. The predicted octanol–water partition coefficient (Wildman–Crippen LogP) is -0.675. The van der Waals surface area contributed by atoms with Crippen LogP contribution < -0.4 is 21.5 Å². The number of aliphatic carboxylic acids is 1. The first-order chi connectivity index (χ1) is 17.6. The third-order valence-electron chi connectivity index (χ3n) is 4.63. The van der Waals surface area contributed by atoms with Gasteiger partial charge in [0, 0.05) is 18.7 Å². The zero-order valence-electron chi connectivity index (χ0n) is 20.5. The normalized spacial score (nSPS) is 11.3. The van der Waals surface area contributed by atoms with Crippen molar-refractivity contribution in [1.82, 2.24) is 15.2 Å². The molecule has 37 heavy (non-hydrogen) atoms. The molecule has 1 aromatic heterocycles.